The van der Waals surface area contributed by atoms with Crippen molar-refractivity contribution in [3.05, 3.63) is 0 Å². The monoisotopic (exact) mass is 310 g/mol. The van der Waals surface area contributed by atoms with Crippen LogP contribution in [0.25, 0.3) is 0 Å². The Morgan fingerprint density at radius 1 is 1.33 bits per heavy atom. The second-order valence-corrected chi connectivity index (χ2v) is 5.15. The summed E-state index contributed by atoms with van der Waals surface area (Å²) in [6.45, 7) is 0.0852. The number of methoxy groups -OCH3 is 1. The molecule has 1 aliphatic rings. The first-order valence-electron chi connectivity index (χ1n) is 6.94. The predicted molar refractivity (Wildman–Crippen MR) is 69.5 cm³/mol. The van der Waals surface area contributed by atoms with Crippen molar-refractivity contribution in [1.29, 1.82) is 0 Å². The van der Waals surface area contributed by atoms with Gasteiger partial charge in [0.2, 0.25) is 5.91 Å². The molecule has 0 aromatic carbocycles. The maximum atomic E-state index is 12.5. The Balaban J connectivity index is 2.48. The van der Waals surface area contributed by atoms with Gasteiger partial charge in [0.05, 0.1) is 13.5 Å². The summed E-state index contributed by atoms with van der Waals surface area (Å²) in [5.41, 5.74) is 0. The first kappa shape index (κ1) is 17.7. The van der Waals surface area contributed by atoms with E-state index in [9.17, 15) is 22.8 Å². The molecule has 21 heavy (non-hydrogen) atoms. The smallest absolute Gasteiger partial charge is 0.406 e. The maximum Gasteiger partial charge on any atom is 0.406 e. The molecule has 8 heteroatoms. The molecular formula is C13H21F3N2O3. The Hall–Kier alpha value is -1.31. The molecule has 0 bridgehead atoms. The first-order chi connectivity index (χ1) is 9.81. The zero-order valence-corrected chi connectivity index (χ0v) is 12.0. The Morgan fingerprint density at radius 3 is 2.57 bits per heavy atom. The van der Waals surface area contributed by atoms with Gasteiger partial charge in [-0.15, -0.1) is 0 Å². The maximum absolute atomic E-state index is 12.5. The normalized spacial score (nSPS) is 18.6. The third-order valence-corrected chi connectivity index (χ3v) is 3.47. The van der Waals surface area contributed by atoms with Crippen LogP contribution in [0.5, 0.6) is 0 Å². The highest BCUT2D eigenvalue weighted by Crippen LogP contribution is 2.19. The molecule has 1 unspecified atom stereocenters. The molecular weight excluding hydrogens is 289 g/mol. The number of amides is 1. The van der Waals surface area contributed by atoms with Crippen molar-refractivity contribution in [2.45, 2.75) is 31.9 Å². The van der Waals surface area contributed by atoms with Crippen molar-refractivity contribution in [2.75, 3.05) is 33.3 Å². The summed E-state index contributed by atoms with van der Waals surface area (Å²) in [5.74, 6) is -0.861. The lowest BCUT2D eigenvalue weighted by Crippen LogP contribution is -2.40. The Bertz CT molecular complexity index is 355. The Labute approximate surface area is 121 Å². The average molecular weight is 310 g/mol. The first-order valence-corrected chi connectivity index (χ1v) is 6.94. The number of hydrogen-bond donors (Lipinski definition) is 1. The van der Waals surface area contributed by atoms with Gasteiger partial charge < -0.3 is 15.0 Å². The highest BCUT2D eigenvalue weighted by Gasteiger charge is 2.33. The molecule has 1 rings (SSSR count). The summed E-state index contributed by atoms with van der Waals surface area (Å²) in [6, 6.07) is 0. The summed E-state index contributed by atoms with van der Waals surface area (Å²) < 4.78 is 41.9. The van der Waals surface area contributed by atoms with Gasteiger partial charge >= 0.3 is 12.1 Å². The van der Waals surface area contributed by atoms with E-state index in [2.05, 4.69) is 10.1 Å². The summed E-state index contributed by atoms with van der Waals surface area (Å²) in [4.78, 5) is 23.6. The van der Waals surface area contributed by atoms with Gasteiger partial charge in [0.15, 0.2) is 0 Å². The van der Waals surface area contributed by atoms with Crippen LogP contribution in [0, 0.1) is 5.92 Å². The molecule has 122 valence electrons. The summed E-state index contributed by atoms with van der Waals surface area (Å²) in [5, 5.41) is 3.15. The fourth-order valence-corrected chi connectivity index (χ4v) is 2.28. The van der Waals surface area contributed by atoms with Gasteiger partial charge in [-0.1, -0.05) is 0 Å². The second kappa shape index (κ2) is 8.21. The van der Waals surface area contributed by atoms with Gasteiger partial charge in [0, 0.05) is 13.0 Å². The summed E-state index contributed by atoms with van der Waals surface area (Å²) in [6.07, 6.45) is -3.12. The highest BCUT2D eigenvalue weighted by atomic mass is 19.4. The van der Waals surface area contributed by atoms with E-state index < -0.39 is 24.6 Å². The number of esters is 1. The van der Waals surface area contributed by atoms with E-state index in [0.717, 1.165) is 26.6 Å². The van der Waals surface area contributed by atoms with Crippen LogP contribution in [0.15, 0.2) is 0 Å². The quantitative estimate of drug-likeness (QED) is 0.721. The standard InChI is InChI=1S/C13H21F3N2O3/c1-21-12(20)5-7-18(9-13(14,15)16)11(19)3-2-10-4-6-17-8-10/h10,17H,2-9H2,1H3. The molecule has 0 aromatic rings. The number of alkyl halides is 3. The molecule has 5 nitrogen and oxygen atoms in total. The third kappa shape index (κ3) is 7.31. The zero-order valence-electron chi connectivity index (χ0n) is 12.0. The van der Waals surface area contributed by atoms with Crippen molar-refractivity contribution in [1.82, 2.24) is 10.2 Å². The number of carbonyl (C=O) groups excluding carboxylic acids is 2. The van der Waals surface area contributed by atoms with E-state index in [1.807, 2.05) is 0 Å². The minimum atomic E-state index is -4.47. The number of carbonyl (C=O) groups is 2. The number of halogens is 3. The van der Waals surface area contributed by atoms with Crippen LogP contribution in [0.4, 0.5) is 13.2 Å². The number of hydrogen-bond acceptors (Lipinski definition) is 4. The summed E-state index contributed by atoms with van der Waals surface area (Å²) >= 11 is 0. The Morgan fingerprint density at radius 2 is 2.05 bits per heavy atom. The van der Waals surface area contributed by atoms with Gasteiger partial charge in [0.1, 0.15) is 6.54 Å². The van der Waals surface area contributed by atoms with E-state index in [0.29, 0.717) is 17.2 Å². The molecule has 0 saturated carbocycles. The van der Waals surface area contributed by atoms with E-state index in [-0.39, 0.29) is 19.4 Å². The fraction of sp³-hybridized carbons (Fsp3) is 0.846. The van der Waals surface area contributed by atoms with Crippen molar-refractivity contribution >= 4 is 11.9 Å². The van der Waals surface area contributed by atoms with Crippen LogP contribution in [-0.2, 0) is 14.3 Å². The van der Waals surface area contributed by atoms with Crippen LogP contribution in [-0.4, -0.2) is 56.2 Å². The Kier molecular flexibility index (Phi) is 6.94. The number of nitrogens with one attached hydrogen (secondary N) is 1. The van der Waals surface area contributed by atoms with Crippen LogP contribution in [0.1, 0.15) is 25.7 Å². The lowest BCUT2D eigenvalue weighted by Gasteiger charge is -2.24. The molecule has 1 amide bonds. The van der Waals surface area contributed by atoms with Crippen molar-refractivity contribution in [3.8, 4) is 0 Å². The topological polar surface area (TPSA) is 58.6 Å². The molecule has 1 saturated heterocycles. The highest BCUT2D eigenvalue weighted by molar-refractivity contribution is 5.77. The van der Waals surface area contributed by atoms with Crippen LogP contribution < -0.4 is 5.32 Å². The number of rotatable bonds is 7. The SMILES string of the molecule is COC(=O)CCN(CC(F)(F)F)C(=O)CCC1CCNC1. The molecule has 1 aliphatic heterocycles. The predicted octanol–water partition coefficient (Wildman–Crippen LogP) is 1.33. The van der Waals surface area contributed by atoms with E-state index >= 15 is 0 Å². The van der Waals surface area contributed by atoms with Gasteiger partial charge in [-0.3, -0.25) is 9.59 Å². The minimum absolute atomic E-state index is 0.0730. The zero-order chi connectivity index (χ0) is 15.9. The van der Waals surface area contributed by atoms with E-state index in [4.69, 9.17) is 0 Å². The van der Waals surface area contributed by atoms with Gasteiger partial charge in [-0.2, -0.15) is 13.2 Å². The van der Waals surface area contributed by atoms with Crippen molar-refractivity contribution in [3.63, 3.8) is 0 Å². The van der Waals surface area contributed by atoms with Gasteiger partial charge in [-0.25, -0.2) is 0 Å². The fourth-order valence-electron chi connectivity index (χ4n) is 2.28. The molecule has 0 aromatic heterocycles. The van der Waals surface area contributed by atoms with Crippen LogP contribution in [0.3, 0.4) is 0 Å². The number of nitrogens with zero attached hydrogens (tertiary/aromatic N) is 1. The van der Waals surface area contributed by atoms with Crippen LogP contribution >= 0.6 is 0 Å². The molecule has 1 heterocycles. The molecule has 0 radical (unpaired) electrons. The second-order valence-electron chi connectivity index (χ2n) is 5.15. The van der Waals surface area contributed by atoms with Crippen LogP contribution in [0.2, 0.25) is 0 Å². The van der Waals surface area contributed by atoms with Gasteiger partial charge in [-0.05, 0) is 31.8 Å². The van der Waals surface area contributed by atoms with Crippen molar-refractivity contribution < 1.29 is 27.5 Å². The molecule has 1 N–H and O–H groups in total. The summed E-state index contributed by atoms with van der Waals surface area (Å²) in [7, 11) is 1.16. The van der Waals surface area contributed by atoms with E-state index in [1.165, 1.54) is 0 Å². The molecule has 1 atom stereocenters. The third-order valence-electron chi connectivity index (χ3n) is 3.47. The lowest BCUT2D eigenvalue weighted by atomic mass is 10.0. The largest absolute Gasteiger partial charge is 0.469 e. The van der Waals surface area contributed by atoms with Gasteiger partial charge in [0.25, 0.3) is 0 Å². The lowest BCUT2D eigenvalue weighted by molar-refractivity contribution is -0.162. The molecule has 0 aliphatic carbocycles. The number of ether oxygens (including phenoxy) is 1. The molecule has 0 spiro atoms. The minimum Gasteiger partial charge on any atom is -0.469 e. The van der Waals surface area contributed by atoms with E-state index in [1.54, 1.807) is 0 Å². The van der Waals surface area contributed by atoms with Crippen molar-refractivity contribution in [2.24, 2.45) is 5.92 Å². The average Bonchev–Trinajstić information content (AvgIpc) is 2.92. The molecule has 1 fully saturated rings.